The molecule has 4 aliphatic rings. The zero-order valence-corrected chi connectivity index (χ0v) is 43.7. The third-order valence-electron chi connectivity index (χ3n) is 15.9. The number of amides is 6. The summed E-state index contributed by atoms with van der Waals surface area (Å²) in [5.74, 6) is 3.04. The molecule has 0 bridgehead atoms. The second-order valence-electron chi connectivity index (χ2n) is 21.3. The lowest BCUT2D eigenvalue weighted by Gasteiger charge is -2.58. The second kappa shape index (κ2) is 26.0. The van der Waals surface area contributed by atoms with Gasteiger partial charge in [-0.15, -0.1) is 0 Å². The predicted octanol–water partition coefficient (Wildman–Crippen LogP) is 8.80. The van der Waals surface area contributed by atoms with Gasteiger partial charge in [0.05, 0.1) is 19.8 Å². The molecule has 14 nitrogen and oxygen atoms in total. The number of primary amides is 1. The van der Waals surface area contributed by atoms with Crippen LogP contribution in [0.1, 0.15) is 138 Å². The number of anilines is 1. The molecule has 7 N–H and O–H groups in total. The van der Waals surface area contributed by atoms with Crippen LogP contribution in [0.5, 0.6) is 0 Å². The van der Waals surface area contributed by atoms with E-state index in [0.717, 1.165) is 64.8 Å². The molecule has 1 aromatic carbocycles. The molecule has 15 heteroatoms. The number of allylic oxidation sites excluding steroid dienone is 1. The SMILES string of the molecule is CC(C)CCC[C@@H](C)[C@H]1CC[C@H]2C3CC=C4C[C@@H](OC(=O)NCCOCCOCC(=O)N[C@H](C(=O)N[C@@H](CCCNC(N)=O)C(=O)Nc5ccc(CI)cc5)C(C)C)CC[C@]4(C)[C@H]3CC[C@]12C. The molecule has 5 rings (SSSR count). The monoisotopic (exact) mass is 1050 g/mol. The maximum Gasteiger partial charge on any atom is 0.407 e. The van der Waals surface area contributed by atoms with Crippen molar-refractivity contribution >= 4 is 58.1 Å². The predicted molar refractivity (Wildman–Crippen MR) is 271 cm³/mol. The molecule has 67 heavy (non-hydrogen) atoms. The summed E-state index contributed by atoms with van der Waals surface area (Å²) in [5.41, 5.74) is 9.04. The van der Waals surface area contributed by atoms with Gasteiger partial charge in [0.2, 0.25) is 17.7 Å². The molecule has 4 aliphatic carbocycles. The smallest absolute Gasteiger partial charge is 0.407 e. The number of ether oxygens (including phenoxy) is 3. The Morgan fingerprint density at radius 2 is 1.55 bits per heavy atom. The maximum absolute atomic E-state index is 13.5. The van der Waals surface area contributed by atoms with Gasteiger partial charge in [-0.2, -0.15) is 0 Å². The molecule has 1 unspecified atom stereocenters. The van der Waals surface area contributed by atoms with Crippen LogP contribution < -0.4 is 32.3 Å². The zero-order chi connectivity index (χ0) is 48.7. The Labute approximate surface area is 414 Å². The van der Waals surface area contributed by atoms with E-state index < -0.39 is 41.9 Å². The van der Waals surface area contributed by atoms with Crippen molar-refractivity contribution in [3.8, 4) is 0 Å². The largest absolute Gasteiger partial charge is 0.446 e. The fourth-order valence-corrected chi connectivity index (χ4v) is 12.8. The van der Waals surface area contributed by atoms with Gasteiger partial charge in [-0.25, -0.2) is 9.59 Å². The molecule has 0 heterocycles. The highest BCUT2D eigenvalue weighted by Crippen LogP contribution is 2.67. The average molecular weight is 1050 g/mol. The Morgan fingerprint density at radius 1 is 0.806 bits per heavy atom. The molecule has 0 radical (unpaired) electrons. The van der Waals surface area contributed by atoms with E-state index in [2.05, 4.69) is 89.9 Å². The lowest BCUT2D eigenvalue weighted by Crippen LogP contribution is -2.55. The van der Waals surface area contributed by atoms with Crippen LogP contribution in [0.2, 0.25) is 0 Å². The fourth-order valence-electron chi connectivity index (χ4n) is 12.3. The number of rotatable bonds is 25. The standard InChI is InChI=1S/C52H83IN6O8/c1-33(2)10-8-11-35(5)41-19-20-42-40-18-15-37-30-39(21-23-51(37,6)43(40)22-24-52(41,42)7)67-50(64)56-26-27-65-28-29-66-32-45(60)59-46(34(3)4)48(62)58-44(12-9-25-55-49(54)63)47(61)57-38-16-13-36(31-53)14-17-38/h13-17,33-35,39-44,46H,8-12,18-32H2,1-7H3,(H,56,64)(H,57,61)(H,58,62)(H,59,60)(H3,54,55,63)/t35-,39+,40?,41-,42+,43+,44+,46+,51+,52-/m1/s1. The Balaban J connectivity index is 0.972. The minimum atomic E-state index is -0.938. The molecule has 3 fully saturated rings. The lowest BCUT2D eigenvalue weighted by molar-refractivity contribution is -0.134. The summed E-state index contributed by atoms with van der Waals surface area (Å²) in [6.07, 6.45) is 16.1. The number of hydrogen-bond donors (Lipinski definition) is 6. The van der Waals surface area contributed by atoms with Gasteiger partial charge < -0.3 is 46.5 Å². The van der Waals surface area contributed by atoms with Gasteiger partial charge in [-0.05, 0) is 128 Å². The first-order valence-electron chi connectivity index (χ1n) is 25.3. The maximum atomic E-state index is 13.5. The minimum Gasteiger partial charge on any atom is -0.446 e. The molecule has 376 valence electrons. The fraction of sp³-hybridized carbons (Fsp3) is 0.750. The van der Waals surface area contributed by atoms with Crippen LogP contribution in [0.25, 0.3) is 0 Å². The summed E-state index contributed by atoms with van der Waals surface area (Å²) in [6.45, 7) is 16.8. The number of hydrogen-bond acceptors (Lipinski definition) is 8. The topological polar surface area (TPSA) is 199 Å². The first kappa shape index (κ1) is 54.5. The van der Waals surface area contributed by atoms with Crippen LogP contribution in [-0.4, -0.2) is 87.6 Å². The number of fused-ring (bicyclic) bond motifs is 5. The Bertz CT molecular complexity index is 1830. The molecule has 0 aromatic heterocycles. The first-order chi connectivity index (χ1) is 31.9. The van der Waals surface area contributed by atoms with Crippen molar-refractivity contribution in [3.63, 3.8) is 0 Å². The number of benzene rings is 1. The van der Waals surface area contributed by atoms with Crippen molar-refractivity contribution in [1.29, 1.82) is 0 Å². The van der Waals surface area contributed by atoms with Crippen molar-refractivity contribution in [2.75, 3.05) is 44.8 Å². The summed E-state index contributed by atoms with van der Waals surface area (Å²) >= 11 is 2.26. The van der Waals surface area contributed by atoms with E-state index in [9.17, 15) is 24.0 Å². The minimum absolute atomic E-state index is 0.124. The molecular weight excluding hydrogens is 964 g/mol. The van der Waals surface area contributed by atoms with Crippen LogP contribution in [0.4, 0.5) is 15.3 Å². The van der Waals surface area contributed by atoms with Crippen molar-refractivity contribution in [1.82, 2.24) is 21.3 Å². The van der Waals surface area contributed by atoms with Crippen LogP contribution >= 0.6 is 22.6 Å². The van der Waals surface area contributed by atoms with Crippen molar-refractivity contribution < 1.29 is 38.2 Å². The van der Waals surface area contributed by atoms with E-state index in [-0.39, 0.29) is 63.4 Å². The van der Waals surface area contributed by atoms with Crippen molar-refractivity contribution in [3.05, 3.63) is 41.5 Å². The molecule has 10 atom stereocenters. The highest BCUT2D eigenvalue weighted by atomic mass is 127. The summed E-state index contributed by atoms with van der Waals surface area (Å²) in [4.78, 5) is 63.6. The number of alkyl halides is 1. The second-order valence-corrected chi connectivity index (χ2v) is 22.0. The van der Waals surface area contributed by atoms with Crippen LogP contribution in [0, 0.1) is 52.3 Å². The number of urea groups is 1. The van der Waals surface area contributed by atoms with Gasteiger partial charge in [-0.3, -0.25) is 14.4 Å². The third-order valence-corrected chi connectivity index (χ3v) is 16.8. The summed E-state index contributed by atoms with van der Waals surface area (Å²) in [6, 6.07) is 4.87. The quantitative estimate of drug-likeness (QED) is 0.0242. The zero-order valence-electron chi connectivity index (χ0n) is 41.5. The van der Waals surface area contributed by atoms with Crippen LogP contribution in [-0.2, 0) is 33.0 Å². The van der Waals surface area contributed by atoms with E-state index in [1.807, 2.05) is 12.1 Å². The number of nitrogens with two attached hydrogens (primary N) is 1. The van der Waals surface area contributed by atoms with Crippen LogP contribution in [0.3, 0.4) is 0 Å². The number of carbonyl (C=O) groups is 5. The summed E-state index contributed by atoms with van der Waals surface area (Å²) in [7, 11) is 0. The van der Waals surface area contributed by atoms with E-state index in [4.69, 9.17) is 19.9 Å². The third kappa shape index (κ3) is 15.3. The molecule has 0 spiro atoms. The molecule has 0 saturated heterocycles. The van der Waals surface area contributed by atoms with Gasteiger partial charge in [-0.1, -0.05) is 114 Å². The number of halogens is 1. The Morgan fingerprint density at radius 3 is 2.25 bits per heavy atom. The molecule has 1 aromatic rings. The van der Waals surface area contributed by atoms with Gasteiger partial charge in [0.25, 0.3) is 0 Å². The summed E-state index contributed by atoms with van der Waals surface area (Å²) < 4.78 is 17.9. The highest BCUT2D eigenvalue weighted by Gasteiger charge is 2.59. The highest BCUT2D eigenvalue weighted by molar-refractivity contribution is 14.1. The summed E-state index contributed by atoms with van der Waals surface area (Å²) in [5, 5.41) is 13.7. The first-order valence-corrected chi connectivity index (χ1v) is 26.9. The van der Waals surface area contributed by atoms with Crippen LogP contribution in [0.15, 0.2) is 35.9 Å². The number of alkyl carbamates (subject to hydrolysis) is 1. The normalized spacial score (nSPS) is 26.8. The van der Waals surface area contributed by atoms with Gasteiger partial charge >= 0.3 is 12.1 Å². The number of nitrogens with one attached hydrogen (secondary N) is 5. The molecule has 3 saturated carbocycles. The van der Waals surface area contributed by atoms with E-state index in [1.165, 1.54) is 56.9 Å². The van der Waals surface area contributed by atoms with Gasteiger partial charge in [0.15, 0.2) is 0 Å². The van der Waals surface area contributed by atoms with E-state index >= 15 is 0 Å². The number of carbonyl (C=O) groups excluding carboxylic acids is 5. The molecular formula is C52H83IN6O8. The Hall–Kier alpha value is -3.44. The molecule has 0 aliphatic heterocycles. The van der Waals surface area contributed by atoms with Gasteiger partial charge in [0, 0.05) is 29.6 Å². The van der Waals surface area contributed by atoms with E-state index in [1.54, 1.807) is 26.0 Å². The Kier molecular flexibility index (Phi) is 21.1. The van der Waals surface area contributed by atoms with Crippen molar-refractivity contribution in [2.45, 2.75) is 155 Å². The van der Waals surface area contributed by atoms with E-state index in [0.29, 0.717) is 17.5 Å². The lowest BCUT2D eigenvalue weighted by atomic mass is 9.47. The van der Waals surface area contributed by atoms with Gasteiger partial charge in [0.1, 0.15) is 24.8 Å². The molecule has 6 amide bonds. The van der Waals surface area contributed by atoms with Crippen molar-refractivity contribution in [2.24, 2.45) is 58.0 Å². The average Bonchev–Trinajstić information content (AvgIpc) is 3.64.